The van der Waals surface area contributed by atoms with Gasteiger partial charge in [-0.15, -0.1) is 0 Å². The minimum absolute atomic E-state index is 0.886. The first kappa shape index (κ1) is 8.55. The van der Waals surface area contributed by atoms with Crippen LogP contribution in [-0.2, 0) is 0 Å². The van der Waals surface area contributed by atoms with Crippen molar-refractivity contribution < 1.29 is 0 Å². The Morgan fingerprint density at radius 3 is 2.17 bits per heavy atom. The van der Waals surface area contributed by atoms with E-state index in [-0.39, 0.29) is 0 Å². The summed E-state index contributed by atoms with van der Waals surface area (Å²) in [4.78, 5) is 0. The molecular formula is C11H20N. The van der Waals surface area contributed by atoms with Gasteiger partial charge in [-0.3, -0.25) is 0 Å². The molecule has 0 bridgehead atoms. The molecule has 1 nitrogen and oxygen atoms in total. The fourth-order valence-corrected chi connectivity index (χ4v) is 2.02. The van der Waals surface area contributed by atoms with E-state index in [1.54, 1.807) is 0 Å². The summed E-state index contributed by atoms with van der Waals surface area (Å²) in [5.74, 6) is 2.09. The zero-order valence-corrected chi connectivity index (χ0v) is 7.89. The standard InChI is InChI=1S/C11H20N/c1-2-3-8-12-11(9-4-5-9)10-6-7-10/h9-12H,1-8H2. The van der Waals surface area contributed by atoms with Crippen LogP contribution in [0.2, 0.25) is 0 Å². The molecule has 0 aromatic carbocycles. The van der Waals surface area contributed by atoms with Crippen LogP contribution in [0.3, 0.4) is 0 Å². The number of unbranched alkanes of at least 4 members (excludes halogenated alkanes) is 1. The predicted molar refractivity (Wildman–Crippen MR) is 51.8 cm³/mol. The van der Waals surface area contributed by atoms with E-state index in [9.17, 15) is 0 Å². The van der Waals surface area contributed by atoms with Crippen molar-refractivity contribution in [1.29, 1.82) is 0 Å². The largest absolute Gasteiger partial charge is 0.313 e. The van der Waals surface area contributed by atoms with Crippen LogP contribution >= 0.6 is 0 Å². The zero-order valence-electron chi connectivity index (χ0n) is 7.89. The second-order valence-corrected chi connectivity index (χ2v) is 4.36. The van der Waals surface area contributed by atoms with E-state index >= 15 is 0 Å². The molecule has 1 heteroatoms. The van der Waals surface area contributed by atoms with Crippen molar-refractivity contribution in [2.75, 3.05) is 6.54 Å². The van der Waals surface area contributed by atoms with Crippen LogP contribution in [0.1, 0.15) is 38.5 Å². The lowest BCUT2D eigenvalue weighted by Gasteiger charge is -2.16. The SMILES string of the molecule is [CH2]CCCNC(C1CC1)C1CC1. The summed E-state index contributed by atoms with van der Waals surface area (Å²) in [5, 5.41) is 3.70. The van der Waals surface area contributed by atoms with Gasteiger partial charge in [0.1, 0.15) is 0 Å². The molecule has 69 valence electrons. The molecule has 0 aliphatic heterocycles. The van der Waals surface area contributed by atoms with Gasteiger partial charge in [-0.05, 0) is 50.5 Å². The third kappa shape index (κ3) is 2.22. The highest BCUT2D eigenvalue weighted by atomic mass is 14.9. The molecule has 0 atom stereocenters. The van der Waals surface area contributed by atoms with Crippen LogP contribution in [0.5, 0.6) is 0 Å². The maximum absolute atomic E-state index is 3.86. The molecule has 0 spiro atoms. The van der Waals surface area contributed by atoms with Crippen molar-refractivity contribution >= 4 is 0 Å². The third-order valence-corrected chi connectivity index (χ3v) is 3.07. The Morgan fingerprint density at radius 1 is 1.17 bits per heavy atom. The van der Waals surface area contributed by atoms with E-state index in [2.05, 4.69) is 12.2 Å². The summed E-state index contributed by atoms with van der Waals surface area (Å²) < 4.78 is 0. The lowest BCUT2D eigenvalue weighted by molar-refractivity contribution is 0.415. The molecule has 0 aromatic heterocycles. The van der Waals surface area contributed by atoms with Crippen molar-refractivity contribution in [2.24, 2.45) is 11.8 Å². The van der Waals surface area contributed by atoms with E-state index < -0.39 is 0 Å². The van der Waals surface area contributed by atoms with Crippen molar-refractivity contribution in [3.63, 3.8) is 0 Å². The first-order valence-corrected chi connectivity index (χ1v) is 5.44. The molecule has 2 fully saturated rings. The molecule has 1 radical (unpaired) electrons. The fourth-order valence-electron chi connectivity index (χ4n) is 2.02. The summed E-state index contributed by atoms with van der Waals surface area (Å²) >= 11 is 0. The lowest BCUT2D eigenvalue weighted by atomic mass is 10.1. The smallest absolute Gasteiger partial charge is 0.0124 e. The molecule has 12 heavy (non-hydrogen) atoms. The van der Waals surface area contributed by atoms with Crippen molar-refractivity contribution in [3.05, 3.63) is 6.92 Å². The number of hydrogen-bond acceptors (Lipinski definition) is 1. The maximum Gasteiger partial charge on any atom is 0.0124 e. The molecule has 2 aliphatic carbocycles. The Morgan fingerprint density at radius 2 is 1.75 bits per heavy atom. The maximum atomic E-state index is 3.86. The van der Waals surface area contributed by atoms with Crippen LogP contribution in [0.4, 0.5) is 0 Å². The normalized spacial score (nSPS) is 23.5. The average molecular weight is 166 g/mol. The highest BCUT2D eigenvalue weighted by Gasteiger charge is 2.40. The van der Waals surface area contributed by atoms with Crippen LogP contribution in [0, 0.1) is 18.8 Å². The van der Waals surface area contributed by atoms with Crippen LogP contribution in [0.15, 0.2) is 0 Å². The molecule has 2 rings (SSSR count). The van der Waals surface area contributed by atoms with E-state index in [1.165, 1.54) is 38.6 Å². The van der Waals surface area contributed by atoms with Crippen molar-refractivity contribution in [3.8, 4) is 0 Å². The molecule has 2 saturated carbocycles. The van der Waals surface area contributed by atoms with Gasteiger partial charge in [0.05, 0.1) is 0 Å². The van der Waals surface area contributed by atoms with E-state index in [0.717, 1.165) is 24.3 Å². The highest BCUT2D eigenvalue weighted by Crippen LogP contribution is 2.44. The van der Waals surface area contributed by atoms with Gasteiger partial charge >= 0.3 is 0 Å². The first-order valence-electron chi connectivity index (χ1n) is 5.44. The number of rotatable bonds is 6. The average Bonchev–Trinajstić information content (AvgIpc) is 2.87. The predicted octanol–water partition coefficient (Wildman–Crippen LogP) is 2.38. The van der Waals surface area contributed by atoms with Gasteiger partial charge in [0.2, 0.25) is 0 Å². The van der Waals surface area contributed by atoms with E-state index in [0.29, 0.717) is 0 Å². The molecule has 0 unspecified atom stereocenters. The Balaban J connectivity index is 1.66. The van der Waals surface area contributed by atoms with Gasteiger partial charge in [-0.25, -0.2) is 0 Å². The van der Waals surface area contributed by atoms with Gasteiger partial charge < -0.3 is 5.32 Å². The quantitative estimate of drug-likeness (QED) is 0.597. The molecule has 0 amide bonds. The molecule has 2 aliphatic rings. The van der Waals surface area contributed by atoms with Gasteiger partial charge in [0, 0.05) is 6.04 Å². The van der Waals surface area contributed by atoms with Crippen molar-refractivity contribution in [1.82, 2.24) is 5.32 Å². The summed E-state index contributed by atoms with van der Waals surface area (Å²) in [5.41, 5.74) is 0. The topological polar surface area (TPSA) is 12.0 Å². The third-order valence-electron chi connectivity index (χ3n) is 3.07. The highest BCUT2D eigenvalue weighted by molar-refractivity contribution is 4.96. The van der Waals surface area contributed by atoms with Crippen LogP contribution < -0.4 is 5.32 Å². The summed E-state index contributed by atoms with van der Waals surface area (Å²) in [6.45, 7) is 5.06. The van der Waals surface area contributed by atoms with Crippen molar-refractivity contribution in [2.45, 2.75) is 44.6 Å². The Bertz CT molecular complexity index is 124. The molecule has 1 N–H and O–H groups in total. The zero-order chi connectivity index (χ0) is 8.39. The minimum Gasteiger partial charge on any atom is -0.313 e. The van der Waals surface area contributed by atoms with Crippen LogP contribution in [-0.4, -0.2) is 12.6 Å². The number of nitrogens with one attached hydrogen (secondary N) is 1. The minimum atomic E-state index is 0.886. The second-order valence-electron chi connectivity index (χ2n) is 4.36. The van der Waals surface area contributed by atoms with Gasteiger partial charge in [-0.2, -0.15) is 0 Å². The van der Waals surface area contributed by atoms with E-state index in [1.807, 2.05) is 0 Å². The van der Waals surface area contributed by atoms with Gasteiger partial charge in [0.15, 0.2) is 0 Å². The number of hydrogen-bond donors (Lipinski definition) is 1. The molecule has 0 heterocycles. The lowest BCUT2D eigenvalue weighted by Crippen LogP contribution is -2.33. The molecule has 0 aromatic rings. The Hall–Kier alpha value is -0.0400. The second kappa shape index (κ2) is 3.78. The van der Waals surface area contributed by atoms with Crippen LogP contribution in [0.25, 0.3) is 0 Å². The summed E-state index contributed by atoms with van der Waals surface area (Å²) in [7, 11) is 0. The first-order chi connectivity index (χ1) is 5.92. The Labute approximate surface area is 75.9 Å². The summed E-state index contributed by atoms with van der Waals surface area (Å²) in [6, 6.07) is 0.886. The molecule has 0 saturated heterocycles. The van der Waals surface area contributed by atoms with Gasteiger partial charge in [-0.1, -0.05) is 13.3 Å². The van der Waals surface area contributed by atoms with Gasteiger partial charge in [0.25, 0.3) is 0 Å². The molecular weight excluding hydrogens is 146 g/mol. The monoisotopic (exact) mass is 166 g/mol. The fraction of sp³-hybridized carbons (Fsp3) is 0.909. The van der Waals surface area contributed by atoms with E-state index in [4.69, 9.17) is 0 Å². The Kier molecular flexibility index (Phi) is 2.69. The summed E-state index contributed by atoms with van der Waals surface area (Å²) in [6.07, 6.45) is 8.26.